The summed E-state index contributed by atoms with van der Waals surface area (Å²) in [6, 6.07) is 4.85. The van der Waals surface area contributed by atoms with Crippen molar-refractivity contribution < 1.29 is 16.8 Å². The van der Waals surface area contributed by atoms with Gasteiger partial charge in [-0.1, -0.05) is 12.2 Å². The van der Waals surface area contributed by atoms with Crippen molar-refractivity contribution in [2.24, 2.45) is 11.1 Å². The number of rotatable bonds is 5. The molecule has 0 aromatic heterocycles. The van der Waals surface area contributed by atoms with Gasteiger partial charge in [-0.15, -0.1) is 0 Å². The topological polar surface area (TPSA) is 106 Å². The summed E-state index contributed by atoms with van der Waals surface area (Å²) in [6.45, 7) is 0.379. The highest BCUT2D eigenvalue weighted by Crippen LogP contribution is 2.18. The van der Waals surface area contributed by atoms with Crippen molar-refractivity contribution in [2.45, 2.75) is 29.1 Å². The van der Waals surface area contributed by atoms with Crippen molar-refractivity contribution in [1.29, 1.82) is 0 Å². The second kappa shape index (κ2) is 6.27. The molecule has 1 atom stereocenters. The predicted molar refractivity (Wildman–Crippen MR) is 79.5 cm³/mol. The van der Waals surface area contributed by atoms with Gasteiger partial charge in [0.1, 0.15) is 0 Å². The minimum atomic E-state index is -3.82. The molecule has 1 aliphatic rings. The fourth-order valence-electron chi connectivity index (χ4n) is 2.16. The molecule has 0 spiro atoms. The van der Waals surface area contributed by atoms with Crippen LogP contribution >= 0.6 is 0 Å². The molecule has 21 heavy (non-hydrogen) atoms. The Kier molecular flexibility index (Phi) is 4.82. The minimum absolute atomic E-state index is 0.0289. The molecule has 0 radical (unpaired) electrons. The Hall–Kier alpha value is -1.22. The van der Waals surface area contributed by atoms with E-state index < -0.39 is 20.0 Å². The summed E-state index contributed by atoms with van der Waals surface area (Å²) in [5, 5.41) is 4.97. The standard InChI is InChI=1S/C13H18N2O4S2/c14-20(16,17)12-6-8-13(9-7-12)21(18,19)15-10-11-4-2-1-3-5-11/h1-2,6-9,11,15H,3-5,10H2,(H2,14,16,17)/t11-/m1/s1. The van der Waals surface area contributed by atoms with Crippen LogP contribution in [0.1, 0.15) is 19.3 Å². The zero-order valence-electron chi connectivity index (χ0n) is 11.4. The van der Waals surface area contributed by atoms with E-state index in [0.717, 1.165) is 19.3 Å². The van der Waals surface area contributed by atoms with Crippen molar-refractivity contribution in [2.75, 3.05) is 6.54 Å². The van der Waals surface area contributed by atoms with Gasteiger partial charge in [-0.2, -0.15) is 0 Å². The summed E-state index contributed by atoms with van der Waals surface area (Å²) in [5.41, 5.74) is 0. The lowest BCUT2D eigenvalue weighted by Gasteiger charge is -2.18. The molecule has 0 fully saturated rings. The van der Waals surface area contributed by atoms with Gasteiger partial charge in [0.2, 0.25) is 20.0 Å². The monoisotopic (exact) mass is 330 g/mol. The lowest BCUT2D eigenvalue weighted by Crippen LogP contribution is -2.29. The van der Waals surface area contributed by atoms with Crippen molar-refractivity contribution in [3.8, 4) is 0 Å². The Morgan fingerprint density at radius 2 is 1.67 bits per heavy atom. The Bertz CT molecular complexity index is 722. The third kappa shape index (κ3) is 4.37. The van der Waals surface area contributed by atoms with E-state index in [2.05, 4.69) is 16.9 Å². The van der Waals surface area contributed by atoms with E-state index in [0.29, 0.717) is 12.5 Å². The smallest absolute Gasteiger partial charge is 0.225 e. The van der Waals surface area contributed by atoms with E-state index in [1.807, 2.05) is 0 Å². The van der Waals surface area contributed by atoms with E-state index in [1.54, 1.807) is 0 Å². The number of hydrogen-bond donors (Lipinski definition) is 2. The van der Waals surface area contributed by atoms with E-state index >= 15 is 0 Å². The summed E-state index contributed by atoms with van der Waals surface area (Å²) in [4.78, 5) is -0.0832. The molecule has 0 saturated carbocycles. The van der Waals surface area contributed by atoms with E-state index in [9.17, 15) is 16.8 Å². The third-order valence-electron chi connectivity index (χ3n) is 3.40. The number of nitrogens with two attached hydrogens (primary N) is 1. The zero-order valence-corrected chi connectivity index (χ0v) is 13.0. The molecule has 0 aliphatic heterocycles. The molecule has 8 heteroatoms. The second-order valence-electron chi connectivity index (χ2n) is 5.02. The van der Waals surface area contributed by atoms with Gasteiger partial charge in [-0.25, -0.2) is 26.7 Å². The molecule has 116 valence electrons. The summed E-state index contributed by atoms with van der Waals surface area (Å²) in [5.74, 6) is 0.300. The second-order valence-corrected chi connectivity index (χ2v) is 8.35. The molecule has 0 bridgehead atoms. The first-order valence-corrected chi connectivity index (χ1v) is 9.59. The Morgan fingerprint density at radius 1 is 1.05 bits per heavy atom. The largest absolute Gasteiger partial charge is 0.240 e. The highest BCUT2D eigenvalue weighted by atomic mass is 32.2. The van der Waals surface area contributed by atoms with Crippen LogP contribution in [0.4, 0.5) is 0 Å². The Morgan fingerprint density at radius 3 is 2.19 bits per heavy atom. The molecule has 6 nitrogen and oxygen atoms in total. The summed E-state index contributed by atoms with van der Waals surface area (Å²) in [6.07, 6.45) is 6.95. The van der Waals surface area contributed by atoms with Gasteiger partial charge in [0.05, 0.1) is 9.79 Å². The van der Waals surface area contributed by atoms with Gasteiger partial charge in [-0.3, -0.25) is 0 Å². The first kappa shape index (κ1) is 16.2. The van der Waals surface area contributed by atoms with Gasteiger partial charge in [0, 0.05) is 6.54 Å². The van der Waals surface area contributed by atoms with Crippen molar-refractivity contribution in [1.82, 2.24) is 4.72 Å². The van der Waals surface area contributed by atoms with Crippen LogP contribution in [0.2, 0.25) is 0 Å². The van der Waals surface area contributed by atoms with E-state index in [4.69, 9.17) is 5.14 Å². The summed E-state index contributed by atoms with van der Waals surface area (Å²) in [7, 11) is -7.45. The molecule has 1 aromatic carbocycles. The normalized spacial score (nSPS) is 19.6. The van der Waals surface area contributed by atoms with Gasteiger partial charge in [0.15, 0.2) is 0 Å². The number of allylic oxidation sites excluding steroid dienone is 2. The minimum Gasteiger partial charge on any atom is -0.225 e. The van der Waals surface area contributed by atoms with E-state index in [1.165, 1.54) is 24.3 Å². The average molecular weight is 330 g/mol. The first-order chi connectivity index (χ1) is 9.79. The number of sulfonamides is 2. The highest BCUT2D eigenvalue weighted by molar-refractivity contribution is 7.89. The fourth-order valence-corrected chi connectivity index (χ4v) is 3.79. The van der Waals surface area contributed by atoms with E-state index in [-0.39, 0.29) is 9.79 Å². The van der Waals surface area contributed by atoms with Crippen LogP contribution in [-0.4, -0.2) is 23.4 Å². The van der Waals surface area contributed by atoms with Crippen LogP contribution in [0.5, 0.6) is 0 Å². The van der Waals surface area contributed by atoms with Crippen LogP contribution in [0, 0.1) is 5.92 Å². The number of benzene rings is 1. The zero-order chi connectivity index (χ0) is 15.5. The maximum Gasteiger partial charge on any atom is 0.240 e. The van der Waals surface area contributed by atoms with Gasteiger partial charge < -0.3 is 0 Å². The quantitative estimate of drug-likeness (QED) is 0.784. The number of hydrogen-bond acceptors (Lipinski definition) is 4. The average Bonchev–Trinajstić information content (AvgIpc) is 2.46. The first-order valence-electron chi connectivity index (χ1n) is 6.56. The van der Waals surface area contributed by atoms with Gasteiger partial charge in [-0.05, 0) is 49.4 Å². The van der Waals surface area contributed by atoms with Crippen LogP contribution in [0.3, 0.4) is 0 Å². The molecular weight excluding hydrogens is 312 g/mol. The lowest BCUT2D eigenvalue weighted by atomic mass is 9.95. The number of primary sulfonamides is 1. The van der Waals surface area contributed by atoms with Gasteiger partial charge >= 0.3 is 0 Å². The molecule has 3 N–H and O–H groups in total. The van der Waals surface area contributed by atoms with Crippen molar-refractivity contribution in [3.05, 3.63) is 36.4 Å². The molecule has 1 aromatic rings. The Balaban J connectivity index is 2.07. The fraction of sp³-hybridized carbons (Fsp3) is 0.385. The Labute approximate surface area is 125 Å². The SMILES string of the molecule is NS(=O)(=O)c1ccc(S(=O)(=O)NC[C@@H]2CC=CCC2)cc1. The third-order valence-corrected chi connectivity index (χ3v) is 5.77. The molecule has 2 rings (SSSR count). The van der Waals surface area contributed by atoms with Crippen LogP contribution in [-0.2, 0) is 20.0 Å². The maximum absolute atomic E-state index is 12.1. The lowest BCUT2D eigenvalue weighted by molar-refractivity contribution is 0.468. The number of nitrogens with one attached hydrogen (secondary N) is 1. The van der Waals surface area contributed by atoms with Crippen LogP contribution in [0.15, 0.2) is 46.2 Å². The molecule has 0 heterocycles. The predicted octanol–water partition coefficient (Wildman–Crippen LogP) is 0.969. The van der Waals surface area contributed by atoms with Gasteiger partial charge in [0.25, 0.3) is 0 Å². The highest BCUT2D eigenvalue weighted by Gasteiger charge is 2.18. The van der Waals surface area contributed by atoms with Crippen LogP contribution in [0.25, 0.3) is 0 Å². The molecule has 0 saturated heterocycles. The van der Waals surface area contributed by atoms with Crippen molar-refractivity contribution in [3.63, 3.8) is 0 Å². The molecule has 1 aliphatic carbocycles. The maximum atomic E-state index is 12.1. The summed E-state index contributed by atoms with van der Waals surface area (Å²) < 4.78 is 49.1. The van der Waals surface area contributed by atoms with Crippen molar-refractivity contribution >= 4 is 20.0 Å². The molecule has 0 unspecified atom stereocenters. The van der Waals surface area contributed by atoms with Crippen LogP contribution < -0.4 is 9.86 Å². The molecular formula is C13H18N2O4S2. The molecule has 0 amide bonds. The summed E-state index contributed by atoms with van der Waals surface area (Å²) >= 11 is 0.